The first-order valence-electron chi connectivity index (χ1n) is 7.77. The highest BCUT2D eigenvalue weighted by Crippen LogP contribution is 2.35. The maximum absolute atomic E-state index is 11.9. The van der Waals surface area contributed by atoms with E-state index in [0.29, 0.717) is 17.8 Å². The lowest BCUT2D eigenvalue weighted by Crippen LogP contribution is -2.35. The molecule has 116 valence electrons. The monoisotopic (exact) mass is 299 g/mol. The van der Waals surface area contributed by atoms with Crippen LogP contribution >= 0.6 is 0 Å². The predicted molar refractivity (Wildman–Crippen MR) is 86.1 cm³/mol. The molecule has 3 rings (SSSR count). The van der Waals surface area contributed by atoms with Crippen molar-refractivity contribution in [2.45, 2.75) is 45.2 Å². The number of hydrogen-bond acceptors (Lipinski definition) is 5. The summed E-state index contributed by atoms with van der Waals surface area (Å²) >= 11 is 0. The van der Waals surface area contributed by atoms with Gasteiger partial charge in [0.2, 0.25) is 0 Å². The van der Waals surface area contributed by atoms with Crippen molar-refractivity contribution < 1.29 is 9.53 Å². The van der Waals surface area contributed by atoms with Gasteiger partial charge in [0, 0.05) is 29.9 Å². The van der Waals surface area contributed by atoms with Gasteiger partial charge in [-0.05, 0) is 43.7 Å². The Labute approximate surface area is 130 Å². The molecule has 3 heterocycles. The fourth-order valence-corrected chi connectivity index (χ4v) is 3.33. The summed E-state index contributed by atoms with van der Waals surface area (Å²) in [7, 11) is 1.38. The Kier molecular flexibility index (Phi) is 3.96. The van der Waals surface area contributed by atoms with Gasteiger partial charge in [-0.2, -0.15) is 0 Å². The largest absolute Gasteiger partial charge is 0.464 e. The molecule has 22 heavy (non-hydrogen) atoms. The maximum Gasteiger partial charge on any atom is 0.356 e. The molecule has 5 nitrogen and oxygen atoms in total. The molecule has 0 radical (unpaired) electrons. The molecule has 0 saturated carbocycles. The summed E-state index contributed by atoms with van der Waals surface area (Å²) in [6.45, 7) is 4.41. The van der Waals surface area contributed by atoms with Crippen LogP contribution in [0.3, 0.4) is 0 Å². The average Bonchev–Trinajstić information content (AvgIpc) is 2.93. The molecule has 0 amide bonds. The Morgan fingerprint density at radius 3 is 3.00 bits per heavy atom. The van der Waals surface area contributed by atoms with Gasteiger partial charge >= 0.3 is 5.97 Å². The van der Waals surface area contributed by atoms with Crippen molar-refractivity contribution in [2.24, 2.45) is 0 Å². The summed E-state index contributed by atoms with van der Waals surface area (Å²) < 4.78 is 4.85. The van der Waals surface area contributed by atoms with Gasteiger partial charge < -0.3 is 9.64 Å². The minimum Gasteiger partial charge on any atom is -0.464 e. The van der Waals surface area contributed by atoms with E-state index in [0.717, 1.165) is 35.9 Å². The van der Waals surface area contributed by atoms with E-state index in [9.17, 15) is 4.79 Å². The van der Waals surface area contributed by atoms with E-state index in [-0.39, 0.29) is 0 Å². The number of methoxy groups -OCH3 is 1. The molecule has 2 aromatic heterocycles. The Hall–Kier alpha value is -2.17. The Balaban J connectivity index is 2.20. The van der Waals surface area contributed by atoms with Gasteiger partial charge in [0.05, 0.1) is 7.11 Å². The third-order valence-corrected chi connectivity index (χ3v) is 4.51. The van der Waals surface area contributed by atoms with Crippen LogP contribution in [-0.2, 0) is 4.74 Å². The van der Waals surface area contributed by atoms with E-state index in [4.69, 9.17) is 4.74 Å². The normalized spacial score (nSPS) is 21.3. The molecule has 2 unspecified atom stereocenters. The lowest BCUT2D eigenvalue weighted by Gasteiger charge is -2.30. The van der Waals surface area contributed by atoms with Gasteiger partial charge in [0.25, 0.3) is 0 Å². The molecular formula is C17H21N3O2. The quantitative estimate of drug-likeness (QED) is 0.815. The van der Waals surface area contributed by atoms with Gasteiger partial charge in [0.1, 0.15) is 5.82 Å². The van der Waals surface area contributed by atoms with E-state index < -0.39 is 5.97 Å². The number of esters is 1. The van der Waals surface area contributed by atoms with Crippen LogP contribution < -0.4 is 4.90 Å². The lowest BCUT2D eigenvalue weighted by atomic mass is 10.1. The number of carbonyl (C=O) groups is 1. The van der Waals surface area contributed by atoms with E-state index in [1.54, 1.807) is 12.3 Å². The Morgan fingerprint density at radius 2 is 2.27 bits per heavy atom. The molecule has 1 aliphatic heterocycles. The van der Waals surface area contributed by atoms with E-state index >= 15 is 0 Å². The molecule has 0 bridgehead atoms. The van der Waals surface area contributed by atoms with Gasteiger partial charge in [-0.15, -0.1) is 0 Å². The predicted octanol–water partition coefficient (Wildman–Crippen LogP) is 3.18. The number of carbonyl (C=O) groups excluding carboxylic acids is 1. The van der Waals surface area contributed by atoms with Gasteiger partial charge in [-0.1, -0.05) is 6.92 Å². The van der Waals surface area contributed by atoms with E-state index in [2.05, 4.69) is 28.7 Å². The molecule has 0 N–H and O–H groups in total. The van der Waals surface area contributed by atoms with Crippen LogP contribution in [0, 0.1) is 0 Å². The van der Waals surface area contributed by atoms with Gasteiger partial charge in [-0.3, -0.25) is 4.98 Å². The zero-order valence-corrected chi connectivity index (χ0v) is 13.2. The van der Waals surface area contributed by atoms with Crippen LogP contribution in [0.5, 0.6) is 0 Å². The molecule has 5 heteroatoms. The summed E-state index contributed by atoms with van der Waals surface area (Å²) in [5, 5.41) is 1.96. The summed E-state index contributed by atoms with van der Waals surface area (Å²) in [4.78, 5) is 23.1. The zero-order valence-electron chi connectivity index (χ0n) is 13.2. The fourth-order valence-electron chi connectivity index (χ4n) is 3.33. The maximum atomic E-state index is 11.9. The summed E-state index contributed by atoms with van der Waals surface area (Å²) in [5.41, 5.74) is 0.352. The number of rotatable bonds is 3. The van der Waals surface area contributed by atoms with Gasteiger partial charge in [0.15, 0.2) is 5.69 Å². The van der Waals surface area contributed by atoms with Gasteiger partial charge in [-0.25, -0.2) is 9.78 Å². The SMILES string of the molecule is CCC1CCC(C)N1c1nc(C(=O)OC)cc2ccncc12. The second kappa shape index (κ2) is 5.91. The van der Waals surface area contributed by atoms with Crippen LogP contribution in [0.4, 0.5) is 5.82 Å². The van der Waals surface area contributed by atoms with Crippen molar-refractivity contribution in [3.8, 4) is 0 Å². The molecule has 2 atom stereocenters. The first kappa shape index (κ1) is 14.8. The number of anilines is 1. The smallest absolute Gasteiger partial charge is 0.356 e. The number of pyridine rings is 2. The topological polar surface area (TPSA) is 55.3 Å². The molecule has 1 fully saturated rings. The third-order valence-electron chi connectivity index (χ3n) is 4.51. The zero-order chi connectivity index (χ0) is 15.7. The van der Waals surface area contributed by atoms with Crippen molar-refractivity contribution in [3.63, 3.8) is 0 Å². The van der Waals surface area contributed by atoms with E-state index in [1.165, 1.54) is 7.11 Å². The molecule has 0 aliphatic carbocycles. The Bertz CT molecular complexity index is 701. The molecule has 0 aromatic carbocycles. The summed E-state index contributed by atoms with van der Waals surface area (Å²) in [5.74, 6) is 0.447. The van der Waals surface area contributed by atoms with Crippen LogP contribution in [0.1, 0.15) is 43.6 Å². The first-order valence-corrected chi connectivity index (χ1v) is 7.77. The average molecular weight is 299 g/mol. The van der Waals surface area contributed by atoms with Crippen molar-refractivity contribution in [3.05, 3.63) is 30.2 Å². The molecule has 1 aliphatic rings. The molecule has 0 spiro atoms. The minimum absolute atomic E-state index is 0.352. The van der Waals surface area contributed by atoms with E-state index in [1.807, 2.05) is 12.3 Å². The number of nitrogens with zero attached hydrogens (tertiary/aromatic N) is 3. The van der Waals surface area contributed by atoms with Crippen LogP contribution in [0.2, 0.25) is 0 Å². The highest BCUT2D eigenvalue weighted by Gasteiger charge is 2.32. The first-order chi connectivity index (χ1) is 10.7. The van der Waals surface area contributed by atoms with Crippen molar-refractivity contribution in [1.29, 1.82) is 0 Å². The molecule has 2 aromatic rings. The van der Waals surface area contributed by atoms with Crippen molar-refractivity contribution in [1.82, 2.24) is 9.97 Å². The third kappa shape index (κ3) is 2.40. The fraction of sp³-hybridized carbons (Fsp3) is 0.471. The summed E-state index contributed by atoms with van der Waals surface area (Å²) in [6.07, 6.45) is 6.93. The van der Waals surface area contributed by atoms with Crippen LogP contribution in [-0.4, -0.2) is 35.1 Å². The second-order valence-corrected chi connectivity index (χ2v) is 5.82. The summed E-state index contributed by atoms with van der Waals surface area (Å²) in [6, 6.07) is 4.55. The molecule has 1 saturated heterocycles. The highest BCUT2D eigenvalue weighted by atomic mass is 16.5. The molecular weight excluding hydrogens is 278 g/mol. The number of ether oxygens (including phenoxy) is 1. The van der Waals surface area contributed by atoms with Crippen molar-refractivity contribution >= 4 is 22.6 Å². The minimum atomic E-state index is -0.403. The number of fused-ring (bicyclic) bond motifs is 1. The van der Waals surface area contributed by atoms with Crippen molar-refractivity contribution in [2.75, 3.05) is 12.0 Å². The standard InChI is InChI=1S/C17H21N3O2/c1-4-13-6-5-11(2)20(13)16-14-10-18-8-7-12(14)9-15(19-16)17(21)22-3/h7-11,13H,4-6H2,1-3H3. The number of aromatic nitrogens is 2. The highest BCUT2D eigenvalue weighted by molar-refractivity contribution is 5.98. The van der Waals surface area contributed by atoms with Crippen LogP contribution in [0.15, 0.2) is 24.5 Å². The lowest BCUT2D eigenvalue weighted by molar-refractivity contribution is 0.0594. The second-order valence-electron chi connectivity index (χ2n) is 5.82. The Morgan fingerprint density at radius 1 is 1.45 bits per heavy atom. The van der Waals surface area contributed by atoms with Crippen LogP contribution in [0.25, 0.3) is 10.8 Å². The number of hydrogen-bond donors (Lipinski definition) is 0.